The number of carbonyl (C=O) groups excluding carboxylic acids is 2. The van der Waals surface area contributed by atoms with Crippen LogP contribution < -0.4 is 10.6 Å². The summed E-state index contributed by atoms with van der Waals surface area (Å²) in [5.41, 5.74) is 1.28. The van der Waals surface area contributed by atoms with Crippen molar-refractivity contribution < 1.29 is 39.6 Å². The minimum atomic E-state index is -1.19. The summed E-state index contributed by atoms with van der Waals surface area (Å²) in [4.78, 5) is 47.2. The molecule has 10 heteroatoms. The van der Waals surface area contributed by atoms with E-state index in [1.807, 2.05) is 0 Å². The molecule has 0 radical (unpaired) electrons. The first-order valence-corrected chi connectivity index (χ1v) is 10.7. The molecule has 182 valence electrons. The number of nitrogens with one attached hydrogen (secondary N) is 2. The first kappa shape index (κ1) is 26.2. The Morgan fingerprint density at radius 3 is 1.24 bits per heavy atom. The summed E-state index contributed by atoms with van der Waals surface area (Å²) in [6.45, 7) is 0. The summed E-state index contributed by atoms with van der Waals surface area (Å²) in [5.74, 6) is -3.20. The lowest BCUT2D eigenvalue weighted by Crippen LogP contribution is -2.42. The molecule has 2 aromatic carbocycles. The molecular weight excluding hydrogens is 444 g/mol. The van der Waals surface area contributed by atoms with Crippen LogP contribution in [0.3, 0.4) is 0 Å². The third-order valence-corrected chi connectivity index (χ3v) is 5.08. The zero-order valence-corrected chi connectivity index (χ0v) is 18.4. The average molecular weight is 472 g/mol. The SMILES string of the molecule is O=C(CCCCC(=O)N[C@H](Cc1ccc(O)cc1)C(=O)O)N[C@H](Cc1ccc(O)cc1)C(=O)O. The Bertz CT molecular complexity index is 908. The first-order valence-electron chi connectivity index (χ1n) is 10.7. The Kier molecular flexibility index (Phi) is 9.88. The number of hydrogen-bond donors (Lipinski definition) is 6. The smallest absolute Gasteiger partial charge is 0.326 e. The van der Waals surface area contributed by atoms with Gasteiger partial charge in [-0.3, -0.25) is 9.59 Å². The van der Waals surface area contributed by atoms with Crippen LogP contribution in [0.2, 0.25) is 0 Å². The molecule has 2 rings (SSSR count). The number of rotatable bonds is 13. The van der Waals surface area contributed by atoms with E-state index in [2.05, 4.69) is 10.6 Å². The highest BCUT2D eigenvalue weighted by Crippen LogP contribution is 2.13. The lowest BCUT2D eigenvalue weighted by atomic mass is 10.0. The molecule has 2 amide bonds. The van der Waals surface area contributed by atoms with Crippen molar-refractivity contribution in [1.29, 1.82) is 0 Å². The van der Waals surface area contributed by atoms with Crippen LogP contribution in [0.5, 0.6) is 11.5 Å². The molecule has 10 nitrogen and oxygen atoms in total. The highest BCUT2D eigenvalue weighted by Gasteiger charge is 2.22. The maximum Gasteiger partial charge on any atom is 0.326 e. The number of aliphatic carboxylic acids is 2. The largest absolute Gasteiger partial charge is 0.508 e. The van der Waals surface area contributed by atoms with Gasteiger partial charge in [-0.1, -0.05) is 24.3 Å². The normalized spacial score (nSPS) is 12.4. The molecule has 6 N–H and O–H groups in total. The topological polar surface area (TPSA) is 173 Å². The predicted octanol–water partition coefficient (Wildman–Crippen LogP) is 1.58. The maximum atomic E-state index is 12.1. The fraction of sp³-hybridized carbons (Fsp3) is 0.333. The van der Waals surface area contributed by atoms with Crippen molar-refractivity contribution in [2.75, 3.05) is 0 Å². The Labute approximate surface area is 196 Å². The zero-order valence-electron chi connectivity index (χ0n) is 18.4. The van der Waals surface area contributed by atoms with Gasteiger partial charge in [-0.15, -0.1) is 0 Å². The van der Waals surface area contributed by atoms with Crippen molar-refractivity contribution >= 4 is 23.8 Å². The monoisotopic (exact) mass is 472 g/mol. The van der Waals surface area contributed by atoms with Gasteiger partial charge in [-0.05, 0) is 48.2 Å². The van der Waals surface area contributed by atoms with Crippen LogP contribution in [0.15, 0.2) is 48.5 Å². The Balaban J connectivity index is 1.73. The van der Waals surface area contributed by atoms with Crippen LogP contribution >= 0.6 is 0 Å². The number of amides is 2. The number of carboxylic acids is 2. The molecule has 0 saturated heterocycles. The fourth-order valence-corrected chi connectivity index (χ4v) is 3.24. The van der Waals surface area contributed by atoms with Gasteiger partial charge in [-0.2, -0.15) is 0 Å². The van der Waals surface area contributed by atoms with Crippen molar-refractivity contribution in [3.8, 4) is 11.5 Å². The van der Waals surface area contributed by atoms with Gasteiger partial charge in [0.15, 0.2) is 0 Å². The summed E-state index contributed by atoms with van der Waals surface area (Å²) in [7, 11) is 0. The highest BCUT2D eigenvalue weighted by atomic mass is 16.4. The van der Waals surface area contributed by atoms with Crippen LogP contribution in [0.4, 0.5) is 0 Å². The molecule has 0 spiro atoms. The number of hydrogen-bond acceptors (Lipinski definition) is 6. The van der Waals surface area contributed by atoms with Gasteiger partial charge in [0, 0.05) is 25.7 Å². The number of aromatic hydroxyl groups is 2. The second-order valence-corrected chi connectivity index (χ2v) is 7.86. The van der Waals surface area contributed by atoms with Crippen molar-refractivity contribution in [3.63, 3.8) is 0 Å². The third-order valence-electron chi connectivity index (χ3n) is 5.08. The molecule has 0 unspecified atom stereocenters. The van der Waals surface area contributed by atoms with Gasteiger partial charge in [0.05, 0.1) is 0 Å². The molecule has 0 aliphatic heterocycles. The molecule has 34 heavy (non-hydrogen) atoms. The first-order chi connectivity index (χ1) is 16.1. The van der Waals surface area contributed by atoms with Crippen LogP contribution in [0.1, 0.15) is 36.8 Å². The fourth-order valence-electron chi connectivity index (χ4n) is 3.24. The molecule has 0 saturated carbocycles. The molecule has 2 aromatic rings. The lowest BCUT2D eigenvalue weighted by molar-refractivity contribution is -0.142. The number of carboxylic acid groups (broad SMARTS) is 2. The Morgan fingerprint density at radius 1 is 0.618 bits per heavy atom. The number of benzene rings is 2. The van der Waals surface area contributed by atoms with E-state index in [1.165, 1.54) is 24.3 Å². The molecule has 2 atom stereocenters. The van der Waals surface area contributed by atoms with Crippen LogP contribution in [0.25, 0.3) is 0 Å². The molecular formula is C24H28N2O8. The summed E-state index contributed by atoms with van der Waals surface area (Å²) >= 11 is 0. The summed E-state index contributed by atoms with van der Waals surface area (Å²) in [5, 5.41) is 42.2. The minimum absolute atomic E-state index is 0.0164. The van der Waals surface area contributed by atoms with Crippen molar-refractivity contribution in [2.24, 2.45) is 0 Å². The quantitative estimate of drug-likeness (QED) is 0.238. The number of phenolic OH excluding ortho intramolecular Hbond substituents is 2. The van der Waals surface area contributed by atoms with Gasteiger partial charge in [0.25, 0.3) is 0 Å². The van der Waals surface area contributed by atoms with E-state index < -0.39 is 35.8 Å². The van der Waals surface area contributed by atoms with E-state index in [0.29, 0.717) is 24.0 Å². The minimum Gasteiger partial charge on any atom is -0.508 e. The average Bonchev–Trinajstić information content (AvgIpc) is 2.78. The Hall–Kier alpha value is -4.08. The van der Waals surface area contributed by atoms with E-state index in [-0.39, 0.29) is 37.2 Å². The van der Waals surface area contributed by atoms with Crippen molar-refractivity contribution in [1.82, 2.24) is 10.6 Å². The van der Waals surface area contributed by atoms with Gasteiger partial charge >= 0.3 is 11.9 Å². The number of unbranched alkanes of at least 4 members (excludes halogenated alkanes) is 1. The van der Waals surface area contributed by atoms with E-state index >= 15 is 0 Å². The summed E-state index contributed by atoms with van der Waals surface area (Å²) in [6.07, 6.45) is 0.786. The van der Waals surface area contributed by atoms with Gasteiger partial charge in [-0.25, -0.2) is 9.59 Å². The molecule has 0 heterocycles. The summed E-state index contributed by atoms with van der Waals surface area (Å²) in [6, 6.07) is 9.75. The third kappa shape index (κ3) is 9.19. The van der Waals surface area contributed by atoms with Gasteiger partial charge in [0.1, 0.15) is 23.6 Å². The number of carbonyl (C=O) groups is 4. The summed E-state index contributed by atoms with van der Waals surface area (Å²) < 4.78 is 0. The van der Waals surface area contributed by atoms with Gasteiger partial charge < -0.3 is 31.1 Å². The van der Waals surface area contributed by atoms with Crippen LogP contribution in [-0.4, -0.2) is 56.3 Å². The van der Waals surface area contributed by atoms with E-state index in [0.717, 1.165) is 0 Å². The number of phenols is 2. The van der Waals surface area contributed by atoms with Crippen molar-refractivity contribution in [3.05, 3.63) is 59.7 Å². The predicted molar refractivity (Wildman–Crippen MR) is 121 cm³/mol. The molecule has 0 fully saturated rings. The highest BCUT2D eigenvalue weighted by molar-refractivity contribution is 5.84. The molecule has 0 aliphatic rings. The molecule has 0 aliphatic carbocycles. The molecule has 0 bridgehead atoms. The van der Waals surface area contributed by atoms with Crippen LogP contribution in [0, 0.1) is 0 Å². The van der Waals surface area contributed by atoms with Crippen molar-refractivity contribution in [2.45, 2.75) is 50.6 Å². The lowest BCUT2D eigenvalue weighted by Gasteiger charge is -2.15. The Morgan fingerprint density at radius 2 is 0.941 bits per heavy atom. The molecule has 0 aromatic heterocycles. The second kappa shape index (κ2) is 12.8. The second-order valence-electron chi connectivity index (χ2n) is 7.86. The maximum absolute atomic E-state index is 12.1. The van der Waals surface area contributed by atoms with Gasteiger partial charge in [0.2, 0.25) is 11.8 Å². The van der Waals surface area contributed by atoms with E-state index in [4.69, 9.17) is 0 Å². The van der Waals surface area contributed by atoms with E-state index in [1.54, 1.807) is 24.3 Å². The standard InChI is InChI=1S/C24H28N2O8/c27-17-9-5-15(6-10-17)13-19(23(31)32)25-21(29)3-1-2-4-22(30)26-20(24(33)34)14-16-7-11-18(28)12-8-16/h5-12,19-20,27-28H,1-4,13-14H2,(H,25,29)(H,26,30)(H,31,32)(H,33,34)/t19-,20-/m1/s1. The zero-order chi connectivity index (χ0) is 25.1. The van der Waals surface area contributed by atoms with Crippen LogP contribution in [-0.2, 0) is 32.0 Å². The van der Waals surface area contributed by atoms with E-state index in [9.17, 15) is 39.6 Å².